The Labute approximate surface area is 258 Å². The molecule has 0 heterocycles. The van der Waals surface area contributed by atoms with Crippen LogP contribution in [0.4, 0.5) is 0 Å². The van der Waals surface area contributed by atoms with E-state index in [0.717, 1.165) is 34.7 Å². The van der Waals surface area contributed by atoms with Crippen molar-refractivity contribution in [3.63, 3.8) is 0 Å². The molecular formula is C32H38Cl2N2O5S. The van der Waals surface area contributed by atoms with Crippen molar-refractivity contribution in [2.45, 2.75) is 62.5 Å². The summed E-state index contributed by atoms with van der Waals surface area (Å²) in [6.45, 7) is 4.30. The molecule has 3 aromatic carbocycles. The number of carboxylic acids is 1. The topological polar surface area (TPSA) is 107 Å². The van der Waals surface area contributed by atoms with Gasteiger partial charge in [0.05, 0.1) is 16.1 Å². The van der Waals surface area contributed by atoms with E-state index >= 15 is 0 Å². The lowest BCUT2D eigenvalue weighted by Crippen LogP contribution is -2.47. The van der Waals surface area contributed by atoms with Crippen LogP contribution in [0.2, 0.25) is 10.0 Å². The third kappa shape index (κ3) is 8.13. The van der Waals surface area contributed by atoms with Gasteiger partial charge in [0, 0.05) is 32.1 Å². The van der Waals surface area contributed by atoms with Gasteiger partial charge in [0.25, 0.3) is 0 Å². The summed E-state index contributed by atoms with van der Waals surface area (Å²) in [7, 11) is -2.71. The van der Waals surface area contributed by atoms with E-state index in [1.807, 2.05) is 18.2 Å². The third-order valence-corrected chi connectivity index (χ3v) is 10.5. The highest BCUT2D eigenvalue weighted by molar-refractivity contribution is 7.89. The normalized spacial score (nSPS) is 14.7. The zero-order chi connectivity index (χ0) is 30.7. The first-order valence-electron chi connectivity index (χ1n) is 14.0. The molecule has 0 bridgehead atoms. The Morgan fingerprint density at radius 3 is 2.24 bits per heavy atom. The Bertz CT molecular complexity index is 1500. The number of hydrogen-bond acceptors (Lipinski definition) is 5. The van der Waals surface area contributed by atoms with Gasteiger partial charge in [0.2, 0.25) is 10.0 Å². The lowest BCUT2D eigenvalue weighted by atomic mass is 9.88. The van der Waals surface area contributed by atoms with Crippen LogP contribution in [0, 0.1) is 5.92 Å². The van der Waals surface area contributed by atoms with Crippen LogP contribution in [0.5, 0.6) is 0 Å². The van der Waals surface area contributed by atoms with E-state index in [1.165, 1.54) is 30.3 Å². The first-order chi connectivity index (χ1) is 19.7. The summed E-state index contributed by atoms with van der Waals surface area (Å²) in [6, 6.07) is 18.9. The number of nitrogens with zero attached hydrogens (tertiary/aromatic N) is 1. The molecule has 0 fully saturated rings. The molecule has 0 saturated carbocycles. The van der Waals surface area contributed by atoms with Crippen molar-refractivity contribution in [1.29, 1.82) is 0 Å². The molecule has 4 rings (SSSR count). The number of aliphatic carboxylic acids is 1. The predicted molar refractivity (Wildman–Crippen MR) is 168 cm³/mol. The predicted octanol–water partition coefficient (Wildman–Crippen LogP) is 5.83. The molecule has 226 valence electrons. The quantitative estimate of drug-likeness (QED) is 0.219. The Kier molecular flexibility index (Phi) is 10.4. The van der Waals surface area contributed by atoms with E-state index in [9.17, 15) is 18.3 Å². The molecule has 1 aliphatic carbocycles. The Hall–Kier alpha value is -2.46. The van der Waals surface area contributed by atoms with E-state index < -0.39 is 22.1 Å². The minimum Gasteiger partial charge on any atom is -0.481 e. The fourth-order valence-corrected chi connectivity index (χ4v) is 8.09. The van der Waals surface area contributed by atoms with Crippen molar-refractivity contribution < 1.29 is 23.4 Å². The van der Waals surface area contributed by atoms with Gasteiger partial charge < -0.3 is 15.5 Å². The maximum Gasteiger partial charge on any atom is 0.303 e. The molecule has 0 amide bonds. The summed E-state index contributed by atoms with van der Waals surface area (Å²) in [5.74, 6) is -0.366. The summed E-state index contributed by atoms with van der Waals surface area (Å²) < 4.78 is 28.0. The second kappa shape index (κ2) is 13.5. The molecule has 3 aromatic rings. The fraction of sp³-hybridized carbons (Fsp3) is 0.406. The highest BCUT2D eigenvalue weighted by Gasteiger charge is 2.31. The van der Waals surface area contributed by atoms with Gasteiger partial charge >= 0.3 is 5.97 Å². The molecule has 1 unspecified atom stereocenters. The second-order valence-electron chi connectivity index (χ2n) is 11.8. The number of fused-ring (bicyclic) bond motifs is 1. The molecule has 0 aliphatic heterocycles. The van der Waals surface area contributed by atoms with Crippen molar-refractivity contribution in [1.82, 2.24) is 9.62 Å². The number of carboxylic acid groups (broad SMARTS) is 1. The minimum atomic E-state index is -4.11. The average molecular weight is 634 g/mol. The SMILES string of the molecule is CN(CC(O)CNC(C)(C)CC1Cc2ccccc2C1)S(=O)(=O)c1c(Cl)cc(-c2cccc(CCC(=O)O)c2)cc1Cl. The molecular weight excluding hydrogens is 595 g/mol. The first kappa shape index (κ1) is 32.5. The van der Waals surface area contributed by atoms with Gasteiger partial charge in [-0.2, -0.15) is 4.31 Å². The number of benzene rings is 3. The largest absolute Gasteiger partial charge is 0.481 e. The van der Waals surface area contributed by atoms with Crippen molar-refractivity contribution in [2.75, 3.05) is 20.1 Å². The van der Waals surface area contributed by atoms with Crippen LogP contribution in [0.3, 0.4) is 0 Å². The molecule has 0 saturated heterocycles. The Morgan fingerprint density at radius 2 is 1.64 bits per heavy atom. The van der Waals surface area contributed by atoms with Crippen LogP contribution < -0.4 is 5.32 Å². The fourth-order valence-electron chi connectivity index (χ4n) is 5.73. The number of aryl methyl sites for hydroxylation is 1. The van der Waals surface area contributed by atoms with Crippen molar-refractivity contribution in [3.05, 3.63) is 87.4 Å². The molecule has 0 radical (unpaired) electrons. The Morgan fingerprint density at radius 1 is 1.02 bits per heavy atom. The van der Waals surface area contributed by atoms with E-state index in [4.69, 9.17) is 28.3 Å². The van der Waals surface area contributed by atoms with Crippen LogP contribution >= 0.6 is 23.2 Å². The van der Waals surface area contributed by atoms with Gasteiger partial charge in [0.1, 0.15) is 4.90 Å². The van der Waals surface area contributed by atoms with Crippen LogP contribution in [0.25, 0.3) is 11.1 Å². The molecule has 1 aliphatic rings. The maximum absolute atomic E-state index is 13.5. The smallest absolute Gasteiger partial charge is 0.303 e. The number of β-amino-alcohol motifs (C(OH)–C–C–N with tert-alkyl or cyclic N) is 1. The van der Waals surface area contributed by atoms with Crippen LogP contribution in [0.1, 0.15) is 43.4 Å². The zero-order valence-corrected chi connectivity index (χ0v) is 26.4. The van der Waals surface area contributed by atoms with Gasteiger partial charge in [-0.3, -0.25) is 4.79 Å². The highest BCUT2D eigenvalue weighted by Crippen LogP contribution is 2.37. The number of aliphatic hydroxyl groups is 1. The van der Waals surface area contributed by atoms with Crippen molar-refractivity contribution in [2.24, 2.45) is 5.92 Å². The monoisotopic (exact) mass is 632 g/mol. The van der Waals surface area contributed by atoms with Gasteiger partial charge in [-0.1, -0.05) is 71.7 Å². The number of sulfonamides is 1. The number of rotatable bonds is 13. The van der Waals surface area contributed by atoms with E-state index in [-0.39, 0.29) is 40.0 Å². The first-order valence-corrected chi connectivity index (χ1v) is 16.2. The number of likely N-dealkylation sites (N-methyl/N-ethyl adjacent to an activating group) is 1. The van der Waals surface area contributed by atoms with Gasteiger partial charge in [0.15, 0.2) is 0 Å². The zero-order valence-electron chi connectivity index (χ0n) is 24.1. The highest BCUT2D eigenvalue weighted by atomic mass is 35.5. The molecule has 7 nitrogen and oxygen atoms in total. The summed E-state index contributed by atoms with van der Waals surface area (Å²) in [5.41, 5.74) is 4.75. The van der Waals surface area contributed by atoms with Gasteiger partial charge in [-0.25, -0.2) is 8.42 Å². The molecule has 0 spiro atoms. The second-order valence-corrected chi connectivity index (χ2v) is 14.6. The number of nitrogens with one attached hydrogen (secondary N) is 1. The van der Waals surface area contributed by atoms with E-state index in [2.05, 4.69) is 43.4 Å². The standard InChI is InChI=1S/C32H38Cl2N2O5S/c1-32(2,18-22-14-23-8-4-5-9-24(23)15-22)35-19-27(37)20-36(3)42(40,41)31-28(33)16-26(17-29(31)34)25-10-6-7-21(13-25)11-12-30(38)39/h4-10,13,16-17,22,27,35,37H,11-12,14-15,18-20H2,1-3H3,(H,38,39). The Balaban J connectivity index is 1.38. The molecule has 0 aromatic heterocycles. The molecule has 42 heavy (non-hydrogen) atoms. The van der Waals surface area contributed by atoms with Crippen molar-refractivity contribution in [3.8, 4) is 11.1 Å². The van der Waals surface area contributed by atoms with E-state index in [0.29, 0.717) is 17.9 Å². The number of carbonyl (C=O) groups is 1. The summed E-state index contributed by atoms with van der Waals surface area (Å²) in [6.07, 6.45) is 2.44. The lowest BCUT2D eigenvalue weighted by molar-refractivity contribution is -0.136. The summed E-state index contributed by atoms with van der Waals surface area (Å²) in [4.78, 5) is 10.7. The van der Waals surface area contributed by atoms with E-state index in [1.54, 1.807) is 6.07 Å². The van der Waals surface area contributed by atoms with Crippen LogP contribution in [-0.4, -0.2) is 60.7 Å². The van der Waals surface area contributed by atoms with Crippen LogP contribution in [-0.2, 0) is 34.1 Å². The number of aliphatic hydroxyl groups excluding tert-OH is 1. The van der Waals surface area contributed by atoms with Gasteiger partial charge in [-0.05, 0) is 85.4 Å². The molecule has 3 N–H and O–H groups in total. The molecule has 10 heteroatoms. The maximum atomic E-state index is 13.5. The minimum absolute atomic E-state index is 0.00264. The van der Waals surface area contributed by atoms with Gasteiger partial charge in [-0.15, -0.1) is 0 Å². The number of hydrogen-bond donors (Lipinski definition) is 3. The third-order valence-electron chi connectivity index (χ3n) is 7.77. The van der Waals surface area contributed by atoms with Crippen molar-refractivity contribution >= 4 is 39.2 Å². The number of halogens is 2. The average Bonchev–Trinajstić information content (AvgIpc) is 3.32. The molecule has 1 atom stereocenters. The summed E-state index contributed by atoms with van der Waals surface area (Å²) >= 11 is 13.0. The lowest BCUT2D eigenvalue weighted by Gasteiger charge is -2.31. The van der Waals surface area contributed by atoms with Crippen LogP contribution in [0.15, 0.2) is 65.6 Å². The summed E-state index contributed by atoms with van der Waals surface area (Å²) in [5, 5.41) is 23.1.